The average molecular weight is 676 g/mol. The summed E-state index contributed by atoms with van der Waals surface area (Å²) < 4.78 is 40.6. The molecule has 1 saturated heterocycles. The van der Waals surface area contributed by atoms with Gasteiger partial charge in [0.25, 0.3) is 21.9 Å². The lowest BCUT2D eigenvalue weighted by Crippen LogP contribution is -2.54. The van der Waals surface area contributed by atoms with E-state index in [0.717, 1.165) is 26.6 Å². The van der Waals surface area contributed by atoms with Gasteiger partial charge < -0.3 is 19.7 Å². The second-order valence-corrected chi connectivity index (χ2v) is 13.3. The number of fused-ring (bicyclic) bond motifs is 2. The first kappa shape index (κ1) is 33.8. The Balaban J connectivity index is 0.000000371. The predicted octanol–water partition coefficient (Wildman–Crippen LogP) is 5.76. The molecule has 0 unspecified atom stereocenters. The van der Waals surface area contributed by atoms with Gasteiger partial charge in [-0.15, -0.1) is 11.3 Å². The first-order valence-corrected chi connectivity index (χ1v) is 16.8. The zero-order chi connectivity index (χ0) is 33.9. The maximum atomic E-state index is 13.3. The van der Waals surface area contributed by atoms with Crippen LogP contribution in [0.25, 0.3) is 21.0 Å². The normalized spacial score (nSPS) is 13.2. The molecule has 1 aliphatic rings. The van der Waals surface area contributed by atoms with E-state index in [0.29, 0.717) is 47.0 Å². The van der Waals surface area contributed by atoms with Crippen molar-refractivity contribution in [1.29, 1.82) is 0 Å². The number of thiophene rings is 1. The SMILES string of the molecule is COCc1ccc(C(C)=O)c2sc(C(=O)Nc3ccc4c(C(=O)N5CC(OC)C5)cccc4n3)c(C)c12.O=S(=O)(O)c1ccccc1. The molecule has 3 heterocycles. The fraction of sp³-hybridized carbons (Fsp3) is 0.235. The number of aromatic nitrogens is 1. The number of carbonyl (C=O) groups is 3. The summed E-state index contributed by atoms with van der Waals surface area (Å²) in [6, 6.07) is 20.0. The Labute approximate surface area is 275 Å². The van der Waals surface area contributed by atoms with Gasteiger partial charge in [0.1, 0.15) is 5.82 Å². The molecule has 11 nitrogen and oxygen atoms in total. The van der Waals surface area contributed by atoms with Crippen molar-refractivity contribution < 1.29 is 36.8 Å². The Morgan fingerprint density at radius 2 is 1.70 bits per heavy atom. The number of hydrogen-bond donors (Lipinski definition) is 2. The average Bonchev–Trinajstić information content (AvgIpc) is 3.38. The maximum absolute atomic E-state index is 13.3. The second kappa shape index (κ2) is 14.1. The first-order valence-electron chi connectivity index (χ1n) is 14.5. The van der Waals surface area contributed by atoms with Crippen LogP contribution in [0.1, 0.15) is 48.4 Å². The number of ether oxygens (including phenoxy) is 2. The van der Waals surface area contributed by atoms with Crippen molar-refractivity contribution >= 4 is 65.9 Å². The van der Waals surface area contributed by atoms with E-state index >= 15 is 0 Å². The molecule has 13 heteroatoms. The predicted molar refractivity (Wildman–Crippen MR) is 180 cm³/mol. The minimum Gasteiger partial charge on any atom is -0.380 e. The van der Waals surface area contributed by atoms with E-state index < -0.39 is 10.1 Å². The molecule has 0 atom stereocenters. The largest absolute Gasteiger partial charge is 0.380 e. The molecule has 3 aromatic carbocycles. The van der Waals surface area contributed by atoms with Gasteiger partial charge in [0.15, 0.2) is 5.78 Å². The maximum Gasteiger partial charge on any atom is 0.294 e. The van der Waals surface area contributed by atoms with Crippen molar-refractivity contribution in [2.24, 2.45) is 0 Å². The van der Waals surface area contributed by atoms with E-state index in [2.05, 4.69) is 10.3 Å². The summed E-state index contributed by atoms with van der Waals surface area (Å²) in [7, 11) is -0.743. The molecule has 1 fully saturated rings. The summed E-state index contributed by atoms with van der Waals surface area (Å²) in [4.78, 5) is 45.3. The Kier molecular flexibility index (Phi) is 10.1. The fourth-order valence-electron chi connectivity index (χ4n) is 5.30. The first-order chi connectivity index (χ1) is 22.4. The molecular weight excluding hydrogens is 643 g/mol. The van der Waals surface area contributed by atoms with Crippen LogP contribution in [-0.4, -0.2) is 73.9 Å². The Morgan fingerprint density at radius 1 is 0.979 bits per heavy atom. The summed E-state index contributed by atoms with van der Waals surface area (Å²) in [5.41, 5.74) is 3.49. The number of methoxy groups -OCH3 is 2. The molecule has 2 N–H and O–H groups in total. The van der Waals surface area contributed by atoms with E-state index in [1.54, 1.807) is 67.7 Å². The van der Waals surface area contributed by atoms with Crippen LogP contribution in [0.2, 0.25) is 0 Å². The fourth-order valence-corrected chi connectivity index (χ4v) is 7.11. The molecule has 47 heavy (non-hydrogen) atoms. The third kappa shape index (κ3) is 7.24. The summed E-state index contributed by atoms with van der Waals surface area (Å²) in [6.07, 6.45) is 0.0772. The van der Waals surface area contributed by atoms with Crippen LogP contribution in [0.3, 0.4) is 0 Å². The van der Waals surface area contributed by atoms with E-state index in [-0.39, 0.29) is 28.6 Å². The minimum absolute atomic E-state index is 0.0558. The highest BCUT2D eigenvalue weighted by atomic mass is 32.2. The summed E-state index contributed by atoms with van der Waals surface area (Å²) in [6.45, 7) is 4.92. The van der Waals surface area contributed by atoms with Crippen molar-refractivity contribution in [2.45, 2.75) is 31.5 Å². The number of benzene rings is 3. The standard InChI is InChI=1S/C28H27N3O5S.C6H6O3S/c1-15-24-17(14-35-3)8-9-19(16(2)32)26(24)37-25(15)27(33)30-23-11-10-20-21(6-5-7-22(20)29-23)28(34)31-12-18(13-31)36-4;7-10(8,9)6-4-2-1-3-5-6/h5-11,18H,12-14H2,1-4H3,(H,29,30,33);1-5H,(H,7,8,9). The van der Waals surface area contributed by atoms with Crippen molar-refractivity contribution in [2.75, 3.05) is 32.6 Å². The number of carbonyl (C=O) groups excluding carboxylic acids is 3. The van der Waals surface area contributed by atoms with Crippen molar-refractivity contribution in [3.8, 4) is 0 Å². The number of nitrogens with one attached hydrogen (secondary N) is 1. The molecule has 0 spiro atoms. The van der Waals surface area contributed by atoms with Crippen LogP contribution in [0, 0.1) is 6.92 Å². The van der Waals surface area contributed by atoms with Gasteiger partial charge in [0, 0.05) is 53.9 Å². The lowest BCUT2D eigenvalue weighted by Gasteiger charge is -2.38. The van der Waals surface area contributed by atoms with Crippen LogP contribution in [0.5, 0.6) is 0 Å². The van der Waals surface area contributed by atoms with Crippen LogP contribution in [0.4, 0.5) is 5.82 Å². The van der Waals surface area contributed by atoms with E-state index in [1.165, 1.54) is 30.4 Å². The zero-order valence-corrected chi connectivity index (χ0v) is 27.8. The summed E-state index contributed by atoms with van der Waals surface area (Å²) in [5, 5.41) is 4.49. The van der Waals surface area contributed by atoms with Crippen molar-refractivity contribution in [3.63, 3.8) is 0 Å². The molecule has 0 bridgehead atoms. The van der Waals surface area contributed by atoms with Gasteiger partial charge in [-0.3, -0.25) is 18.9 Å². The van der Waals surface area contributed by atoms with E-state index in [1.807, 2.05) is 19.1 Å². The Morgan fingerprint density at radius 3 is 2.32 bits per heavy atom. The number of pyridine rings is 1. The van der Waals surface area contributed by atoms with Gasteiger partial charge >= 0.3 is 0 Å². The van der Waals surface area contributed by atoms with Crippen LogP contribution in [0.15, 0.2) is 77.7 Å². The van der Waals surface area contributed by atoms with Gasteiger partial charge in [-0.25, -0.2) is 4.98 Å². The van der Waals surface area contributed by atoms with Crippen molar-refractivity contribution in [3.05, 3.63) is 99.9 Å². The molecule has 6 rings (SSSR count). The number of amides is 2. The van der Waals surface area contributed by atoms with Crippen LogP contribution >= 0.6 is 11.3 Å². The highest BCUT2D eigenvalue weighted by molar-refractivity contribution is 7.85. The summed E-state index contributed by atoms with van der Waals surface area (Å²) in [5.74, 6) is -0.0423. The monoisotopic (exact) mass is 675 g/mol. The molecular formula is C34H33N3O8S2. The van der Waals surface area contributed by atoms with Gasteiger partial charge in [0.2, 0.25) is 0 Å². The number of hydrogen-bond acceptors (Lipinski definition) is 9. The molecule has 0 aliphatic carbocycles. The zero-order valence-electron chi connectivity index (χ0n) is 26.1. The summed E-state index contributed by atoms with van der Waals surface area (Å²) >= 11 is 1.29. The molecule has 244 valence electrons. The topological polar surface area (TPSA) is 152 Å². The van der Waals surface area contributed by atoms with E-state index in [4.69, 9.17) is 14.0 Å². The van der Waals surface area contributed by atoms with Gasteiger partial charge in [-0.1, -0.05) is 30.3 Å². The highest BCUT2D eigenvalue weighted by Crippen LogP contribution is 2.37. The van der Waals surface area contributed by atoms with E-state index in [9.17, 15) is 22.8 Å². The lowest BCUT2D eigenvalue weighted by atomic mass is 10.0. The highest BCUT2D eigenvalue weighted by Gasteiger charge is 2.32. The number of anilines is 1. The Hall–Kier alpha value is -4.53. The molecule has 2 amide bonds. The number of Topliss-reactive ketones (excluding diaryl/α,β-unsaturated/α-hetero) is 1. The van der Waals surface area contributed by atoms with Gasteiger partial charge in [-0.05, 0) is 67.4 Å². The smallest absolute Gasteiger partial charge is 0.294 e. The van der Waals surface area contributed by atoms with Crippen LogP contribution in [-0.2, 0) is 26.2 Å². The third-order valence-electron chi connectivity index (χ3n) is 7.76. The van der Waals surface area contributed by atoms with Crippen LogP contribution < -0.4 is 5.32 Å². The lowest BCUT2D eigenvalue weighted by molar-refractivity contribution is -0.0191. The second-order valence-electron chi connectivity index (χ2n) is 10.9. The van der Waals surface area contributed by atoms with Gasteiger partial charge in [0.05, 0.1) is 28.0 Å². The number of nitrogens with zero attached hydrogens (tertiary/aromatic N) is 2. The third-order valence-corrected chi connectivity index (χ3v) is 9.95. The van der Waals surface area contributed by atoms with Crippen molar-refractivity contribution in [1.82, 2.24) is 9.88 Å². The molecule has 5 aromatic rings. The molecule has 0 saturated carbocycles. The number of ketones is 1. The molecule has 2 aromatic heterocycles. The minimum atomic E-state index is -4.00. The molecule has 1 aliphatic heterocycles. The Bertz CT molecular complexity index is 2090. The number of likely N-dealkylation sites (tertiary alicyclic amines) is 1. The number of rotatable bonds is 8. The quantitative estimate of drug-likeness (QED) is 0.154. The molecule has 0 radical (unpaired) electrons. The van der Waals surface area contributed by atoms with Gasteiger partial charge in [-0.2, -0.15) is 8.42 Å². The number of aryl methyl sites for hydroxylation is 1.